The van der Waals surface area contributed by atoms with Crippen LogP contribution in [0.2, 0.25) is 0 Å². The second-order valence-corrected chi connectivity index (χ2v) is 7.53. The van der Waals surface area contributed by atoms with Gasteiger partial charge in [0.1, 0.15) is 0 Å². The third kappa shape index (κ3) is 3.14. The lowest BCUT2D eigenvalue weighted by Crippen LogP contribution is -2.32. The predicted molar refractivity (Wildman–Crippen MR) is 85.5 cm³/mol. The summed E-state index contributed by atoms with van der Waals surface area (Å²) in [4.78, 5) is 10.3. The second kappa shape index (κ2) is 6.60. The summed E-state index contributed by atoms with van der Waals surface area (Å²) >= 11 is 0. The Hall–Kier alpha value is -1.42. The minimum atomic E-state index is -3.65. The zero-order valence-corrected chi connectivity index (χ0v) is 14.1. The van der Waals surface area contributed by atoms with Crippen LogP contribution >= 0.6 is 12.4 Å². The lowest BCUT2D eigenvalue weighted by Gasteiger charge is -2.17. The molecule has 0 bridgehead atoms. The zero-order valence-electron chi connectivity index (χ0n) is 12.5. The number of halogens is 1. The van der Waals surface area contributed by atoms with Crippen LogP contribution in [0, 0.1) is 22.0 Å². The number of sulfonamides is 1. The van der Waals surface area contributed by atoms with E-state index in [1.165, 1.54) is 29.6 Å². The molecule has 2 atom stereocenters. The molecule has 2 aliphatic heterocycles. The number of nitro groups is 1. The normalized spacial score (nSPS) is 24.0. The van der Waals surface area contributed by atoms with E-state index in [0.29, 0.717) is 24.9 Å². The first-order valence-corrected chi connectivity index (χ1v) is 8.41. The van der Waals surface area contributed by atoms with Crippen LogP contribution in [0.1, 0.15) is 0 Å². The Morgan fingerprint density at radius 3 is 2.43 bits per heavy atom. The van der Waals surface area contributed by atoms with Crippen molar-refractivity contribution in [3.8, 4) is 5.75 Å². The van der Waals surface area contributed by atoms with Crippen LogP contribution in [0.15, 0.2) is 23.1 Å². The van der Waals surface area contributed by atoms with Crippen LogP contribution in [0.5, 0.6) is 5.75 Å². The van der Waals surface area contributed by atoms with E-state index < -0.39 is 14.9 Å². The van der Waals surface area contributed by atoms with Crippen LogP contribution in [0.25, 0.3) is 0 Å². The van der Waals surface area contributed by atoms with Gasteiger partial charge in [0.15, 0.2) is 5.75 Å². The fourth-order valence-corrected chi connectivity index (χ4v) is 4.70. The van der Waals surface area contributed by atoms with Crippen molar-refractivity contribution in [2.24, 2.45) is 11.8 Å². The molecule has 0 aromatic heterocycles. The van der Waals surface area contributed by atoms with Crippen LogP contribution in [-0.2, 0) is 10.0 Å². The van der Waals surface area contributed by atoms with E-state index in [1.807, 2.05) is 0 Å². The van der Waals surface area contributed by atoms with Crippen LogP contribution in [0.4, 0.5) is 5.69 Å². The number of nitrogens with one attached hydrogen (secondary N) is 1. The van der Waals surface area contributed by atoms with Gasteiger partial charge in [-0.3, -0.25) is 10.1 Å². The van der Waals surface area contributed by atoms with E-state index in [-0.39, 0.29) is 28.7 Å². The highest BCUT2D eigenvalue weighted by molar-refractivity contribution is 7.89. The van der Waals surface area contributed by atoms with Gasteiger partial charge in [-0.25, -0.2) is 8.42 Å². The lowest BCUT2D eigenvalue weighted by atomic mass is 10.0. The van der Waals surface area contributed by atoms with Gasteiger partial charge in [-0.1, -0.05) is 0 Å². The van der Waals surface area contributed by atoms with Gasteiger partial charge >= 0.3 is 5.69 Å². The van der Waals surface area contributed by atoms with Crippen molar-refractivity contribution in [1.29, 1.82) is 0 Å². The summed E-state index contributed by atoms with van der Waals surface area (Å²) < 4.78 is 31.8. The van der Waals surface area contributed by atoms with Gasteiger partial charge in [0.05, 0.1) is 16.9 Å². The summed E-state index contributed by atoms with van der Waals surface area (Å²) in [5.74, 6) is 0.636. The van der Waals surface area contributed by atoms with Gasteiger partial charge in [0.2, 0.25) is 10.0 Å². The highest BCUT2D eigenvalue weighted by atomic mass is 35.5. The van der Waals surface area contributed by atoms with Gasteiger partial charge in [-0.2, -0.15) is 4.31 Å². The van der Waals surface area contributed by atoms with Gasteiger partial charge in [-0.05, 0) is 31.0 Å². The second-order valence-electron chi connectivity index (χ2n) is 5.59. The molecule has 10 heteroatoms. The van der Waals surface area contributed by atoms with Crippen LogP contribution < -0.4 is 10.1 Å². The highest BCUT2D eigenvalue weighted by Gasteiger charge is 2.41. The highest BCUT2D eigenvalue weighted by Crippen LogP contribution is 2.34. The monoisotopic (exact) mass is 363 g/mol. The molecule has 2 aliphatic rings. The Morgan fingerprint density at radius 2 is 1.91 bits per heavy atom. The summed E-state index contributed by atoms with van der Waals surface area (Å²) in [6.07, 6.45) is 0. The van der Waals surface area contributed by atoms with Crippen LogP contribution in [0.3, 0.4) is 0 Å². The fraction of sp³-hybridized carbons (Fsp3) is 0.538. The van der Waals surface area contributed by atoms with Gasteiger partial charge in [-0.15, -0.1) is 12.4 Å². The molecule has 2 fully saturated rings. The number of hydrogen-bond donors (Lipinski definition) is 1. The number of nitro benzene ring substituents is 1. The fourth-order valence-electron chi connectivity index (χ4n) is 3.13. The Morgan fingerprint density at radius 1 is 1.30 bits per heavy atom. The Bertz CT molecular complexity index is 700. The van der Waals surface area contributed by atoms with Crippen molar-refractivity contribution in [3.63, 3.8) is 0 Å². The maximum Gasteiger partial charge on any atom is 0.310 e. The largest absolute Gasteiger partial charge is 0.490 e. The van der Waals surface area contributed by atoms with Crippen molar-refractivity contribution in [3.05, 3.63) is 28.3 Å². The van der Waals surface area contributed by atoms with E-state index in [0.717, 1.165) is 13.1 Å². The number of methoxy groups -OCH3 is 1. The minimum absolute atomic E-state index is 0. The molecule has 2 heterocycles. The molecule has 23 heavy (non-hydrogen) atoms. The summed E-state index contributed by atoms with van der Waals surface area (Å²) in [5.41, 5.74) is -0.246. The lowest BCUT2D eigenvalue weighted by molar-refractivity contribution is -0.385. The smallest absolute Gasteiger partial charge is 0.310 e. The molecule has 0 unspecified atom stereocenters. The van der Waals surface area contributed by atoms with Crippen molar-refractivity contribution in [1.82, 2.24) is 9.62 Å². The molecule has 1 aromatic carbocycles. The summed E-state index contributed by atoms with van der Waals surface area (Å²) in [6.45, 7) is 2.64. The third-order valence-corrected chi connectivity index (χ3v) is 6.17. The Labute approximate surface area is 140 Å². The number of nitrogens with zero attached hydrogens (tertiary/aromatic N) is 2. The Balaban J connectivity index is 0.00000192. The number of fused-ring (bicyclic) bond motifs is 1. The van der Waals surface area contributed by atoms with Crippen molar-refractivity contribution in [2.45, 2.75) is 4.90 Å². The first-order chi connectivity index (χ1) is 10.4. The zero-order chi connectivity index (χ0) is 15.9. The van der Waals surface area contributed by atoms with Gasteiger partial charge in [0, 0.05) is 25.2 Å². The third-order valence-electron chi connectivity index (χ3n) is 4.34. The molecule has 0 amide bonds. The molecule has 0 saturated carbocycles. The molecule has 1 N–H and O–H groups in total. The standard InChI is InChI=1S/C13H17N3O5S.ClH/c1-21-13-4-11(2-3-12(13)16(17)18)22(19,20)15-7-9-5-14-6-10(9)8-15;/h2-4,9-10,14H,5-8H2,1H3;1H/t9-,10+;. The van der Waals surface area contributed by atoms with Crippen molar-refractivity contribution >= 4 is 28.1 Å². The molecule has 0 radical (unpaired) electrons. The molecule has 0 spiro atoms. The number of rotatable bonds is 4. The molecule has 3 rings (SSSR count). The van der Waals surface area contributed by atoms with Gasteiger partial charge in [0.25, 0.3) is 0 Å². The summed E-state index contributed by atoms with van der Waals surface area (Å²) in [6, 6.07) is 3.66. The molecular weight excluding hydrogens is 346 g/mol. The quantitative estimate of drug-likeness (QED) is 0.629. The predicted octanol–water partition coefficient (Wildman–Crippen LogP) is 0.865. The van der Waals surface area contributed by atoms with E-state index in [9.17, 15) is 18.5 Å². The van der Waals surface area contributed by atoms with E-state index in [4.69, 9.17) is 4.74 Å². The molecule has 1 aromatic rings. The first-order valence-electron chi connectivity index (χ1n) is 6.97. The topological polar surface area (TPSA) is 102 Å². The maximum atomic E-state index is 12.7. The molecular formula is C13H18ClN3O5S. The minimum Gasteiger partial charge on any atom is -0.490 e. The number of ether oxygens (including phenoxy) is 1. The van der Waals surface area contributed by atoms with E-state index in [1.54, 1.807) is 0 Å². The maximum absolute atomic E-state index is 12.7. The van der Waals surface area contributed by atoms with E-state index >= 15 is 0 Å². The number of hydrogen-bond acceptors (Lipinski definition) is 6. The van der Waals surface area contributed by atoms with E-state index in [2.05, 4.69) is 5.32 Å². The molecule has 0 aliphatic carbocycles. The van der Waals surface area contributed by atoms with Crippen molar-refractivity contribution in [2.75, 3.05) is 33.3 Å². The number of benzene rings is 1. The average Bonchev–Trinajstić information content (AvgIpc) is 3.07. The van der Waals surface area contributed by atoms with Gasteiger partial charge < -0.3 is 10.1 Å². The van der Waals surface area contributed by atoms with Crippen LogP contribution in [-0.4, -0.2) is 50.9 Å². The molecule has 128 valence electrons. The Kier molecular flexibility index (Phi) is 5.14. The molecule has 2 saturated heterocycles. The summed E-state index contributed by atoms with van der Waals surface area (Å²) in [5, 5.41) is 14.1. The SMILES string of the molecule is COc1cc(S(=O)(=O)N2C[C@H]3CNC[C@H]3C2)ccc1[N+](=O)[O-].Cl. The van der Waals surface area contributed by atoms with Crippen molar-refractivity contribution < 1.29 is 18.1 Å². The average molecular weight is 364 g/mol. The first kappa shape index (κ1) is 17.9. The molecule has 8 nitrogen and oxygen atoms in total. The summed E-state index contributed by atoms with van der Waals surface area (Å²) in [7, 11) is -2.37.